The average molecular weight is 193 g/mol. The summed E-state index contributed by atoms with van der Waals surface area (Å²) in [6.07, 6.45) is 2.98. The van der Waals surface area contributed by atoms with Crippen LogP contribution in [0.5, 0.6) is 0 Å². The molecule has 1 heterocycles. The number of hydrogen-bond donors (Lipinski definition) is 2. The summed E-state index contributed by atoms with van der Waals surface area (Å²) in [5.74, 6) is -0.924. The number of carbonyl (C=O) groups is 2. The summed E-state index contributed by atoms with van der Waals surface area (Å²) in [6, 6.07) is 2.57. The van der Waals surface area contributed by atoms with Crippen molar-refractivity contribution in [3.63, 3.8) is 0 Å². The van der Waals surface area contributed by atoms with Gasteiger partial charge in [0.25, 0.3) is 5.91 Å². The fourth-order valence-electron chi connectivity index (χ4n) is 0.848. The topological polar surface area (TPSA) is 85.1 Å². The van der Waals surface area contributed by atoms with Gasteiger partial charge in [0.05, 0.1) is 5.56 Å². The molecule has 1 aromatic rings. The van der Waals surface area contributed by atoms with Crippen molar-refractivity contribution in [2.75, 3.05) is 0 Å². The number of primary amides is 1. The van der Waals surface area contributed by atoms with Crippen LogP contribution in [0.3, 0.4) is 0 Å². The standard InChI is InChI=1S/C9H11N3O2/c1-6(8(10)13)12-9(14)7-3-2-4-11-5-7/h2-6H,1H3,(H2,10,13)(H,12,14)/t6-/m1/s1. The Morgan fingerprint density at radius 3 is 2.79 bits per heavy atom. The Morgan fingerprint density at radius 1 is 1.57 bits per heavy atom. The van der Waals surface area contributed by atoms with E-state index in [1.165, 1.54) is 13.1 Å². The van der Waals surface area contributed by atoms with E-state index in [-0.39, 0.29) is 5.91 Å². The van der Waals surface area contributed by atoms with Gasteiger partial charge in [-0.05, 0) is 19.1 Å². The van der Waals surface area contributed by atoms with E-state index < -0.39 is 11.9 Å². The Morgan fingerprint density at radius 2 is 2.29 bits per heavy atom. The molecule has 0 spiro atoms. The zero-order valence-corrected chi connectivity index (χ0v) is 7.73. The number of amides is 2. The van der Waals surface area contributed by atoms with Gasteiger partial charge in [0.1, 0.15) is 6.04 Å². The van der Waals surface area contributed by atoms with Crippen LogP contribution < -0.4 is 11.1 Å². The highest BCUT2D eigenvalue weighted by Gasteiger charge is 2.13. The molecule has 1 rings (SSSR count). The summed E-state index contributed by atoms with van der Waals surface area (Å²) < 4.78 is 0. The van der Waals surface area contributed by atoms with Crippen LogP contribution >= 0.6 is 0 Å². The molecule has 0 aliphatic carbocycles. The molecule has 5 heteroatoms. The number of hydrogen-bond acceptors (Lipinski definition) is 3. The maximum absolute atomic E-state index is 11.4. The van der Waals surface area contributed by atoms with Crippen LogP contribution in [0.4, 0.5) is 0 Å². The SMILES string of the molecule is C[C@@H](NC(=O)c1cccnc1)C(N)=O. The molecule has 0 aliphatic heterocycles. The zero-order chi connectivity index (χ0) is 10.6. The summed E-state index contributed by atoms with van der Waals surface area (Å²) in [7, 11) is 0. The van der Waals surface area contributed by atoms with Gasteiger partial charge in [0.15, 0.2) is 0 Å². The zero-order valence-electron chi connectivity index (χ0n) is 7.73. The lowest BCUT2D eigenvalue weighted by Crippen LogP contribution is -2.42. The normalized spacial score (nSPS) is 11.8. The Balaban J connectivity index is 2.64. The van der Waals surface area contributed by atoms with Gasteiger partial charge in [0, 0.05) is 12.4 Å². The number of nitrogens with two attached hydrogens (primary N) is 1. The summed E-state index contributed by atoms with van der Waals surface area (Å²) in [5.41, 5.74) is 5.40. The molecule has 2 amide bonds. The summed E-state index contributed by atoms with van der Waals surface area (Å²) in [5, 5.41) is 2.44. The van der Waals surface area contributed by atoms with Gasteiger partial charge >= 0.3 is 0 Å². The van der Waals surface area contributed by atoms with Crippen molar-refractivity contribution in [1.82, 2.24) is 10.3 Å². The van der Waals surface area contributed by atoms with E-state index in [1.807, 2.05) is 0 Å². The first-order valence-corrected chi connectivity index (χ1v) is 4.11. The number of carbonyl (C=O) groups excluding carboxylic acids is 2. The number of pyridine rings is 1. The van der Waals surface area contributed by atoms with Crippen molar-refractivity contribution in [3.05, 3.63) is 30.1 Å². The number of rotatable bonds is 3. The number of nitrogens with one attached hydrogen (secondary N) is 1. The van der Waals surface area contributed by atoms with Gasteiger partial charge in [-0.15, -0.1) is 0 Å². The monoisotopic (exact) mass is 193 g/mol. The quantitative estimate of drug-likeness (QED) is 0.690. The van der Waals surface area contributed by atoms with Gasteiger partial charge in [0.2, 0.25) is 5.91 Å². The predicted molar refractivity (Wildman–Crippen MR) is 50.4 cm³/mol. The number of aromatic nitrogens is 1. The van der Waals surface area contributed by atoms with Crippen molar-refractivity contribution in [1.29, 1.82) is 0 Å². The Kier molecular flexibility index (Phi) is 3.17. The largest absolute Gasteiger partial charge is 0.368 e. The number of nitrogens with zero attached hydrogens (tertiary/aromatic N) is 1. The van der Waals surface area contributed by atoms with Gasteiger partial charge in [-0.2, -0.15) is 0 Å². The van der Waals surface area contributed by atoms with Crippen LogP contribution in [0, 0.1) is 0 Å². The van der Waals surface area contributed by atoms with Crippen LogP contribution in [0.2, 0.25) is 0 Å². The molecule has 0 bridgehead atoms. The summed E-state index contributed by atoms with van der Waals surface area (Å²) in [6.45, 7) is 1.52. The molecule has 14 heavy (non-hydrogen) atoms. The lowest BCUT2D eigenvalue weighted by molar-refractivity contribution is -0.119. The molecule has 3 N–H and O–H groups in total. The highest BCUT2D eigenvalue weighted by Crippen LogP contribution is 1.95. The minimum absolute atomic E-state index is 0.357. The second-order valence-corrected chi connectivity index (χ2v) is 2.84. The molecule has 0 aliphatic rings. The van der Waals surface area contributed by atoms with Crippen LogP contribution in [0.1, 0.15) is 17.3 Å². The molecule has 0 unspecified atom stereocenters. The molecule has 1 aromatic heterocycles. The van der Waals surface area contributed by atoms with Crippen LogP contribution in [-0.2, 0) is 4.79 Å². The molecule has 0 aromatic carbocycles. The first-order chi connectivity index (χ1) is 6.61. The Labute approximate surface area is 81.3 Å². The molecule has 0 fully saturated rings. The van der Waals surface area contributed by atoms with Crippen LogP contribution in [0.25, 0.3) is 0 Å². The first-order valence-electron chi connectivity index (χ1n) is 4.11. The second kappa shape index (κ2) is 4.36. The maximum atomic E-state index is 11.4. The van der Waals surface area contributed by atoms with E-state index in [9.17, 15) is 9.59 Å². The van der Waals surface area contributed by atoms with Crippen LogP contribution in [-0.4, -0.2) is 22.8 Å². The third kappa shape index (κ3) is 2.55. The minimum Gasteiger partial charge on any atom is -0.368 e. The summed E-state index contributed by atoms with van der Waals surface area (Å²) >= 11 is 0. The van der Waals surface area contributed by atoms with E-state index in [0.717, 1.165) is 0 Å². The molecule has 5 nitrogen and oxygen atoms in total. The third-order valence-electron chi connectivity index (χ3n) is 1.70. The van der Waals surface area contributed by atoms with E-state index in [0.29, 0.717) is 5.56 Å². The summed E-state index contributed by atoms with van der Waals surface area (Å²) in [4.78, 5) is 25.8. The molecule has 0 saturated carbocycles. The highest BCUT2D eigenvalue weighted by atomic mass is 16.2. The van der Waals surface area contributed by atoms with Crippen LogP contribution in [0.15, 0.2) is 24.5 Å². The van der Waals surface area contributed by atoms with Gasteiger partial charge < -0.3 is 11.1 Å². The lowest BCUT2D eigenvalue weighted by atomic mass is 10.2. The molecule has 0 radical (unpaired) electrons. The predicted octanol–water partition coefficient (Wildman–Crippen LogP) is -0.315. The Hall–Kier alpha value is -1.91. The molecular weight excluding hydrogens is 182 g/mol. The van der Waals surface area contributed by atoms with Gasteiger partial charge in [-0.25, -0.2) is 0 Å². The van der Waals surface area contributed by atoms with Gasteiger partial charge in [-0.3, -0.25) is 14.6 Å². The highest BCUT2D eigenvalue weighted by molar-refractivity contribution is 5.96. The van der Waals surface area contributed by atoms with E-state index in [2.05, 4.69) is 10.3 Å². The fraction of sp³-hybridized carbons (Fsp3) is 0.222. The van der Waals surface area contributed by atoms with Crippen molar-refractivity contribution in [3.8, 4) is 0 Å². The van der Waals surface area contributed by atoms with Crippen molar-refractivity contribution >= 4 is 11.8 Å². The van der Waals surface area contributed by atoms with Crippen molar-refractivity contribution < 1.29 is 9.59 Å². The van der Waals surface area contributed by atoms with Crippen molar-refractivity contribution in [2.45, 2.75) is 13.0 Å². The maximum Gasteiger partial charge on any atom is 0.253 e. The molecular formula is C9H11N3O2. The molecule has 74 valence electrons. The minimum atomic E-state index is -0.678. The van der Waals surface area contributed by atoms with E-state index in [1.54, 1.807) is 18.3 Å². The Bertz CT molecular complexity index is 337. The van der Waals surface area contributed by atoms with Gasteiger partial charge in [-0.1, -0.05) is 0 Å². The van der Waals surface area contributed by atoms with Crippen molar-refractivity contribution in [2.24, 2.45) is 5.73 Å². The fourth-order valence-corrected chi connectivity index (χ4v) is 0.848. The average Bonchev–Trinajstić information content (AvgIpc) is 2.19. The molecule has 1 atom stereocenters. The molecule has 0 saturated heterocycles. The first kappa shape index (κ1) is 10.2. The third-order valence-corrected chi connectivity index (χ3v) is 1.70. The lowest BCUT2D eigenvalue weighted by Gasteiger charge is -2.09. The van der Waals surface area contributed by atoms with E-state index in [4.69, 9.17) is 5.73 Å². The smallest absolute Gasteiger partial charge is 0.253 e. The second-order valence-electron chi connectivity index (χ2n) is 2.84. The van der Waals surface area contributed by atoms with E-state index >= 15 is 0 Å².